The highest BCUT2D eigenvalue weighted by Gasteiger charge is 2.25. The van der Waals surface area contributed by atoms with E-state index in [1.807, 2.05) is 37.3 Å². The van der Waals surface area contributed by atoms with E-state index in [1.165, 1.54) is 19.1 Å². The lowest BCUT2D eigenvalue weighted by Gasteiger charge is -2.26. The molecule has 3 rings (SSSR count). The van der Waals surface area contributed by atoms with E-state index in [1.54, 1.807) is 30.3 Å². The Morgan fingerprint density at radius 3 is 2.26 bits per heavy atom. The van der Waals surface area contributed by atoms with Gasteiger partial charge in [-0.15, -0.1) is 0 Å². The average molecular weight is 498 g/mol. The second-order valence-electron chi connectivity index (χ2n) is 7.76. The minimum absolute atomic E-state index is 0.0892. The number of aliphatic carboxylic acids is 1. The number of nitrogens with zero attached hydrogens (tertiary/aromatic N) is 1. The molecular formula is C27H28ClNO6. The van der Waals surface area contributed by atoms with Crippen molar-refractivity contribution in [3.63, 3.8) is 0 Å². The minimum Gasteiger partial charge on any atom is -0.493 e. The number of methoxy groups -OCH3 is 2. The molecule has 0 spiro atoms. The van der Waals surface area contributed by atoms with Gasteiger partial charge in [0.25, 0.3) is 0 Å². The van der Waals surface area contributed by atoms with E-state index in [0.29, 0.717) is 39.8 Å². The molecule has 3 aromatic rings. The Balaban J connectivity index is 2.02. The molecule has 8 heteroatoms. The average Bonchev–Trinajstić information content (AvgIpc) is 2.86. The van der Waals surface area contributed by atoms with E-state index in [4.69, 9.17) is 25.8 Å². The molecule has 1 amide bonds. The molecule has 0 atom stereocenters. The summed E-state index contributed by atoms with van der Waals surface area (Å²) in [6.07, 6.45) is -0.759. The van der Waals surface area contributed by atoms with Crippen molar-refractivity contribution in [3.8, 4) is 22.6 Å². The van der Waals surface area contributed by atoms with Gasteiger partial charge in [0, 0.05) is 17.1 Å². The van der Waals surface area contributed by atoms with Crippen LogP contribution in [0.4, 0.5) is 4.79 Å². The lowest BCUT2D eigenvalue weighted by molar-refractivity contribution is -0.136. The molecule has 0 radical (unpaired) electrons. The number of halogens is 1. The van der Waals surface area contributed by atoms with Gasteiger partial charge in [0.1, 0.15) is 6.61 Å². The van der Waals surface area contributed by atoms with Crippen LogP contribution < -0.4 is 9.47 Å². The first-order valence-corrected chi connectivity index (χ1v) is 11.5. The lowest BCUT2D eigenvalue weighted by atomic mass is 9.91. The third kappa shape index (κ3) is 6.45. The van der Waals surface area contributed by atoms with Crippen LogP contribution in [0.15, 0.2) is 60.7 Å². The fourth-order valence-corrected chi connectivity index (χ4v) is 3.94. The molecule has 0 saturated heterocycles. The molecule has 0 fully saturated rings. The number of rotatable bonds is 10. The van der Waals surface area contributed by atoms with Crippen LogP contribution in [0.1, 0.15) is 23.6 Å². The number of carbonyl (C=O) groups excluding carboxylic acids is 1. The van der Waals surface area contributed by atoms with Crippen LogP contribution in [0, 0.1) is 0 Å². The molecule has 0 unspecified atom stereocenters. The summed E-state index contributed by atoms with van der Waals surface area (Å²) in [5.74, 6) is -0.112. The summed E-state index contributed by atoms with van der Waals surface area (Å²) in [6, 6.07) is 18.2. The molecule has 184 valence electrons. The molecule has 0 aliphatic rings. The topological polar surface area (TPSA) is 85.3 Å². The summed E-state index contributed by atoms with van der Waals surface area (Å²) >= 11 is 5.92. The number of carboxylic acid groups (broad SMARTS) is 1. The van der Waals surface area contributed by atoms with Gasteiger partial charge in [-0.1, -0.05) is 54.1 Å². The summed E-state index contributed by atoms with van der Waals surface area (Å²) in [5, 5.41) is 10.2. The zero-order valence-electron chi connectivity index (χ0n) is 19.9. The molecule has 0 aromatic heterocycles. The molecule has 3 aromatic carbocycles. The quantitative estimate of drug-likeness (QED) is 0.380. The summed E-state index contributed by atoms with van der Waals surface area (Å²) < 4.78 is 16.7. The Morgan fingerprint density at radius 2 is 1.69 bits per heavy atom. The third-order valence-corrected chi connectivity index (χ3v) is 5.79. The van der Waals surface area contributed by atoms with Gasteiger partial charge >= 0.3 is 12.1 Å². The molecule has 1 N–H and O–H groups in total. The SMILES string of the molecule is CCN(Cc1c(CC(=O)O)cc(OC)c(OC)c1-c1ccccc1)C(=O)OCc1ccc(Cl)cc1. The maximum absolute atomic E-state index is 13.0. The van der Waals surface area contributed by atoms with Crippen LogP contribution in [-0.2, 0) is 29.1 Å². The van der Waals surface area contributed by atoms with Gasteiger partial charge < -0.3 is 24.2 Å². The van der Waals surface area contributed by atoms with Crippen LogP contribution in [0.2, 0.25) is 5.02 Å². The maximum atomic E-state index is 13.0. The van der Waals surface area contributed by atoms with E-state index in [0.717, 1.165) is 11.1 Å². The van der Waals surface area contributed by atoms with Gasteiger partial charge in [-0.3, -0.25) is 4.79 Å². The van der Waals surface area contributed by atoms with E-state index < -0.39 is 12.1 Å². The minimum atomic E-state index is -0.995. The first-order chi connectivity index (χ1) is 16.9. The highest BCUT2D eigenvalue weighted by molar-refractivity contribution is 6.30. The van der Waals surface area contributed by atoms with E-state index in [-0.39, 0.29) is 19.6 Å². The van der Waals surface area contributed by atoms with Crippen LogP contribution in [-0.4, -0.2) is 42.8 Å². The van der Waals surface area contributed by atoms with Crippen molar-refractivity contribution in [2.24, 2.45) is 0 Å². The van der Waals surface area contributed by atoms with Crippen LogP contribution in [0.3, 0.4) is 0 Å². The van der Waals surface area contributed by atoms with Crippen LogP contribution in [0.5, 0.6) is 11.5 Å². The summed E-state index contributed by atoms with van der Waals surface area (Å²) in [6.45, 7) is 2.41. The van der Waals surface area contributed by atoms with Gasteiger partial charge in [0.15, 0.2) is 11.5 Å². The van der Waals surface area contributed by atoms with Crippen molar-refractivity contribution < 1.29 is 28.9 Å². The summed E-state index contributed by atoms with van der Waals surface area (Å²) in [4.78, 5) is 26.2. The number of ether oxygens (including phenoxy) is 3. The third-order valence-electron chi connectivity index (χ3n) is 5.54. The molecule has 0 saturated carbocycles. The second kappa shape index (κ2) is 12.1. The largest absolute Gasteiger partial charge is 0.493 e. The monoisotopic (exact) mass is 497 g/mol. The van der Waals surface area contributed by atoms with Gasteiger partial charge in [0.2, 0.25) is 0 Å². The standard InChI is InChI=1S/C27H28ClNO6/c1-4-29(27(32)35-17-18-10-12-21(28)13-11-18)16-22-20(15-24(30)31)14-23(33-2)26(34-3)25(22)19-8-6-5-7-9-19/h5-14H,4,15-17H2,1-3H3,(H,30,31). The van der Waals surface area contributed by atoms with Crippen molar-refractivity contribution in [1.82, 2.24) is 4.90 Å². The Labute approximate surface area is 209 Å². The number of benzene rings is 3. The smallest absolute Gasteiger partial charge is 0.410 e. The van der Waals surface area contributed by atoms with Crippen molar-refractivity contribution >= 4 is 23.7 Å². The van der Waals surface area contributed by atoms with Crippen molar-refractivity contribution in [1.29, 1.82) is 0 Å². The number of carbonyl (C=O) groups is 2. The molecule has 0 heterocycles. The van der Waals surface area contributed by atoms with Gasteiger partial charge in [-0.2, -0.15) is 0 Å². The molecular weight excluding hydrogens is 470 g/mol. The zero-order chi connectivity index (χ0) is 25.4. The normalized spacial score (nSPS) is 10.5. The number of hydrogen-bond acceptors (Lipinski definition) is 5. The predicted octanol–water partition coefficient (Wildman–Crippen LogP) is 5.81. The first-order valence-electron chi connectivity index (χ1n) is 11.1. The van der Waals surface area contributed by atoms with Gasteiger partial charge in [0.05, 0.1) is 27.2 Å². The van der Waals surface area contributed by atoms with Crippen LogP contribution in [0.25, 0.3) is 11.1 Å². The van der Waals surface area contributed by atoms with Crippen LogP contribution >= 0.6 is 11.6 Å². The van der Waals surface area contributed by atoms with Gasteiger partial charge in [-0.05, 0) is 47.4 Å². The zero-order valence-corrected chi connectivity index (χ0v) is 20.7. The predicted molar refractivity (Wildman–Crippen MR) is 134 cm³/mol. The van der Waals surface area contributed by atoms with E-state index >= 15 is 0 Å². The van der Waals surface area contributed by atoms with Gasteiger partial charge in [-0.25, -0.2) is 4.79 Å². The fourth-order valence-electron chi connectivity index (χ4n) is 3.81. The molecule has 35 heavy (non-hydrogen) atoms. The Bertz CT molecular complexity index is 1160. The Hall–Kier alpha value is -3.71. The molecule has 0 aliphatic heterocycles. The maximum Gasteiger partial charge on any atom is 0.410 e. The highest BCUT2D eigenvalue weighted by atomic mass is 35.5. The van der Waals surface area contributed by atoms with Crippen molar-refractivity contribution in [3.05, 3.63) is 82.4 Å². The van der Waals surface area contributed by atoms with Crippen molar-refractivity contribution in [2.75, 3.05) is 20.8 Å². The van der Waals surface area contributed by atoms with E-state index in [9.17, 15) is 14.7 Å². The lowest BCUT2D eigenvalue weighted by Crippen LogP contribution is -2.31. The molecule has 0 bridgehead atoms. The fraction of sp³-hybridized carbons (Fsp3) is 0.259. The summed E-state index contributed by atoms with van der Waals surface area (Å²) in [5.41, 5.74) is 3.48. The highest BCUT2D eigenvalue weighted by Crippen LogP contribution is 2.43. The second-order valence-corrected chi connectivity index (χ2v) is 8.19. The molecule has 0 aliphatic carbocycles. The van der Waals surface area contributed by atoms with E-state index in [2.05, 4.69) is 0 Å². The Morgan fingerprint density at radius 1 is 1.00 bits per heavy atom. The van der Waals surface area contributed by atoms with Crippen molar-refractivity contribution in [2.45, 2.75) is 26.5 Å². The molecule has 7 nitrogen and oxygen atoms in total. The Kier molecular flexibility index (Phi) is 8.98. The number of hydrogen-bond donors (Lipinski definition) is 1. The first kappa shape index (κ1) is 25.9. The number of carboxylic acids is 1. The summed E-state index contributed by atoms with van der Waals surface area (Å²) in [7, 11) is 3.03. The number of amides is 1.